The second kappa shape index (κ2) is 8.38. The SMILES string of the molecule is [Cl-].[Cl-].[Zr+2]=[N]Oc1ccccc1. The summed E-state index contributed by atoms with van der Waals surface area (Å²) in [6, 6.07) is 9.50. The first-order chi connectivity index (χ1) is 4.43. The summed E-state index contributed by atoms with van der Waals surface area (Å²) < 4.78 is 3.60. The molecular formula is C6H5Cl2NOZr. The minimum atomic E-state index is 0. The first kappa shape index (κ1) is 13.8. The van der Waals surface area contributed by atoms with Gasteiger partial charge in [-0.1, -0.05) is 0 Å². The first-order valence-electron chi connectivity index (χ1n) is 2.52. The molecule has 1 aromatic rings. The summed E-state index contributed by atoms with van der Waals surface area (Å²) in [6.45, 7) is 0. The van der Waals surface area contributed by atoms with Crippen molar-refractivity contribution in [2.75, 3.05) is 0 Å². The van der Waals surface area contributed by atoms with Gasteiger partial charge in [0, 0.05) is 0 Å². The van der Waals surface area contributed by atoms with Crippen molar-refractivity contribution in [3.8, 4) is 5.75 Å². The normalized spacial score (nSPS) is 7.09. The summed E-state index contributed by atoms with van der Waals surface area (Å²) in [5.41, 5.74) is 0. The van der Waals surface area contributed by atoms with E-state index in [1.807, 2.05) is 30.3 Å². The number of hydrogen-bond donors (Lipinski definition) is 0. The molecule has 0 radical (unpaired) electrons. The van der Waals surface area contributed by atoms with Crippen LogP contribution >= 0.6 is 0 Å². The Morgan fingerprint density at radius 2 is 1.64 bits per heavy atom. The fraction of sp³-hybridized carbons (Fsp3) is 0. The van der Waals surface area contributed by atoms with Crippen LogP contribution < -0.4 is 29.7 Å². The molecule has 0 atom stereocenters. The summed E-state index contributed by atoms with van der Waals surface area (Å²) in [6.07, 6.45) is 0. The van der Waals surface area contributed by atoms with Gasteiger partial charge >= 0.3 is 68.5 Å². The van der Waals surface area contributed by atoms with E-state index >= 15 is 0 Å². The van der Waals surface area contributed by atoms with E-state index in [1.54, 1.807) is 0 Å². The summed E-state index contributed by atoms with van der Waals surface area (Å²) >= 11 is 1.04. The second-order valence-corrected chi connectivity index (χ2v) is 1.94. The van der Waals surface area contributed by atoms with Crippen molar-refractivity contribution in [1.82, 2.24) is 0 Å². The van der Waals surface area contributed by atoms with E-state index in [2.05, 4.69) is 3.04 Å². The Kier molecular flexibility index (Phi) is 10.5. The standard InChI is InChI=1S/C6H5NO.2ClH.Zr/c7-8-6-4-2-1-3-5-6;;;/h1-5H;2*1H;/q;;;+2/p-2. The van der Waals surface area contributed by atoms with E-state index in [1.165, 1.54) is 0 Å². The molecule has 11 heavy (non-hydrogen) atoms. The summed E-state index contributed by atoms with van der Waals surface area (Å²) in [5.74, 6) is 0.800. The maximum atomic E-state index is 4.87. The molecular weight excluding hydrogens is 264 g/mol. The van der Waals surface area contributed by atoms with Gasteiger partial charge in [0.25, 0.3) is 0 Å². The Morgan fingerprint density at radius 1 is 1.09 bits per heavy atom. The van der Waals surface area contributed by atoms with E-state index in [-0.39, 0.29) is 24.8 Å². The molecule has 0 spiro atoms. The molecule has 0 amide bonds. The van der Waals surface area contributed by atoms with Gasteiger partial charge in [0.1, 0.15) is 0 Å². The van der Waals surface area contributed by atoms with E-state index < -0.39 is 0 Å². The molecule has 0 bridgehead atoms. The van der Waals surface area contributed by atoms with E-state index in [0.717, 1.165) is 30.3 Å². The Balaban J connectivity index is 0. The third-order valence-corrected chi connectivity index (χ3v) is 1.12. The number of para-hydroxylation sites is 1. The van der Waals surface area contributed by atoms with Crippen molar-refractivity contribution >= 4 is 0 Å². The van der Waals surface area contributed by atoms with Crippen LogP contribution in [0.3, 0.4) is 0 Å². The number of nitrogens with zero attached hydrogens (tertiary/aromatic N) is 1. The maximum absolute atomic E-state index is 4.87. The van der Waals surface area contributed by atoms with E-state index in [9.17, 15) is 0 Å². The second-order valence-electron chi connectivity index (χ2n) is 1.50. The molecule has 2 nitrogen and oxygen atoms in total. The zero-order valence-electron chi connectivity index (χ0n) is 5.50. The van der Waals surface area contributed by atoms with Crippen LogP contribution in [0, 0.1) is 0 Å². The van der Waals surface area contributed by atoms with Gasteiger partial charge in [-0.25, -0.2) is 0 Å². The molecule has 0 saturated heterocycles. The fourth-order valence-corrected chi connectivity index (χ4v) is 0.793. The quantitative estimate of drug-likeness (QED) is 0.498. The molecule has 0 fully saturated rings. The van der Waals surface area contributed by atoms with Gasteiger partial charge in [-0.05, 0) is 0 Å². The van der Waals surface area contributed by atoms with Crippen LogP contribution in [0.1, 0.15) is 0 Å². The van der Waals surface area contributed by atoms with Crippen LogP contribution in [0.5, 0.6) is 5.75 Å². The fourth-order valence-electron chi connectivity index (χ4n) is 0.534. The van der Waals surface area contributed by atoms with Crippen molar-refractivity contribution in [3.05, 3.63) is 30.3 Å². The van der Waals surface area contributed by atoms with Gasteiger partial charge in [0.05, 0.1) is 0 Å². The van der Waals surface area contributed by atoms with Crippen LogP contribution in [0.4, 0.5) is 0 Å². The number of hydrogen-bond acceptors (Lipinski definition) is 2. The minimum absolute atomic E-state index is 0. The van der Waals surface area contributed by atoms with Crippen LogP contribution in [0.15, 0.2) is 33.4 Å². The monoisotopic (exact) mass is 267 g/mol. The van der Waals surface area contributed by atoms with Crippen molar-refractivity contribution < 1.29 is 54.2 Å². The molecule has 5 heteroatoms. The third kappa shape index (κ3) is 5.54. The predicted octanol–water partition coefficient (Wildman–Crippen LogP) is -4.28. The molecule has 0 N–H and O–H groups in total. The van der Waals surface area contributed by atoms with E-state index in [4.69, 9.17) is 4.84 Å². The van der Waals surface area contributed by atoms with Gasteiger partial charge < -0.3 is 24.8 Å². The average molecular weight is 269 g/mol. The van der Waals surface area contributed by atoms with Crippen molar-refractivity contribution in [2.24, 2.45) is 3.04 Å². The zero-order valence-corrected chi connectivity index (χ0v) is 9.47. The topological polar surface area (TPSA) is 21.6 Å². The Labute approximate surface area is 92.9 Å². The van der Waals surface area contributed by atoms with E-state index in [0.29, 0.717) is 0 Å². The number of rotatable bonds is 2. The third-order valence-electron chi connectivity index (χ3n) is 0.894. The van der Waals surface area contributed by atoms with Crippen LogP contribution in [-0.2, 0) is 24.6 Å². The molecule has 1 aromatic carbocycles. The summed E-state index contributed by atoms with van der Waals surface area (Å²) in [4.78, 5) is 4.87. The van der Waals surface area contributed by atoms with Crippen LogP contribution in [-0.4, -0.2) is 0 Å². The van der Waals surface area contributed by atoms with Gasteiger partial charge in [-0.15, -0.1) is 0 Å². The van der Waals surface area contributed by atoms with Crippen molar-refractivity contribution in [2.45, 2.75) is 0 Å². The van der Waals surface area contributed by atoms with Crippen molar-refractivity contribution in [1.29, 1.82) is 0 Å². The summed E-state index contributed by atoms with van der Waals surface area (Å²) in [5, 5.41) is 0. The van der Waals surface area contributed by atoms with Gasteiger partial charge in [0.2, 0.25) is 0 Å². The Bertz CT molecular complexity index is 195. The van der Waals surface area contributed by atoms with Crippen molar-refractivity contribution in [3.63, 3.8) is 0 Å². The molecule has 0 unspecified atom stereocenters. The van der Waals surface area contributed by atoms with Crippen LogP contribution in [0.2, 0.25) is 0 Å². The van der Waals surface area contributed by atoms with Crippen LogP contribution in [0.25, 0.3) is 0 Å². The molecule has 0 heterocycles. The first-order valence-corrected chi connectivity index (χ1v) is 3.62. The molecule has 0 aliphatic carbocycles. The van der Waals surface area contributed by atoms with Gasteiger partial charge in [-0.2, -0.15) is 0 Å². The Morgan fingerprint density at radius 3 is 2.09 bits per heavy atom. The molecule has 0 aliphatic rings. The molecule has 0 aromatic heterocycles. The molecule has 1 rings (SSSR count). The number of halogens is 2. The zero-order chi connectivity index (χ0) is 6.53. The van der Waals surface area contributed by atoms with Gasteiger partial charge in [0.15, 0.2) is 0 Å². The number of benzene rings is 1. The Hall–Kier alpha value is 0.283. The molecule has 0 aliphatic heterocycles. The molecule has 0 saturated carbocycles. The molecule has 58 valence electrons. The summed E-state index contributed by atoms with van der Waals surface area (Å²) in [7, 11) is 0. The average Bonchev–Trinajstić information content (AvgIpc) is 1.91. The van der Waals surface area contributed by atoms with Gasteiger partial charge in [-0.3, -0.25) is 0 Å². The predicted molar refractivity (Wildman–Crippen MR) is 29.5 cm³/mol.